The van der Waals surface area contributed by atoms with Gasteiger partial charge in [-0.1, -0.05) is 42.5 Å². The topological polar surface area (TPSA) is 48.5 Å². The Morgan fingerprint density at radius 3 is 1.43 bits per heavy atom. The molecule has 5 heteroatoms. The molecule has 3 aromatic heterocycles. The van der Waals surface area contributed by atoms with E-state index in [2.05, 4.69) is 34.2 Å². The van der Waals surface area contributed by atoms with E-state index in [0.29, 0.717) is 0 Å². The first-order chi connectivity index (χ1) is 13.9. The molecule has 0 fully saturated rings. The van der Waals surface area contributed by atoms with Gasteiger partial charge in [-0.3, -0.25) is 9.13 Å². The van der Waals surface area contributed by atoms with E-state index in [1.165, 1.54) is 0 Å². The Morgan fingerprint density at radius 2 is 0.964 bits per heavy atom. The highest BCUT2D eigenvalue weighted by Crippen LogP contribution is 2.24. The highest BCUT2D eigenvalue weighted by Gasteiger charge is 2.13. The number of hydrogen-bond donors (Lipinski definition) is 0. The van der Waals surface area contributed by atoms with E-state index in [9.17, 15) is 0 Å². The number of rotatable bonds is 4. The summed E-state index contributed by atoms with van der Waals surface area (Å²) in [6.07, 6.45) is 7.48. The summed E-state index contributed by atoms with van der Waals surface area (Å²) in [4.78, 5) is 13.9. The van der Waals surface area contributed by atoms with Gasteiger partial charge in [0.25, 0.3) is 0 Å². The summed E-state index contributed by atoms with van der Waals surface area (Å²) in [6.45, 7) is 0. The molecule has 0 aliphatic rings. The molecule has 0 saturated heterocycles. The normalized spacial score (nSPS) is 10.9. The van der Waals surface area contributed by atoms with Gasteiger partial charge in [-0.15, -0.1) is 0 Å². The Bertz CT molecular complexity index is 1110. The Kier molecular flexibility index (Phi) is 4.03. The summed E-state index contributed by atoms with van der Waals surface area (Å²) in [5, 5.41) is 0. The van der Waals surface area contributed by atoms with Crippen LogP contribution in [0.25, 0.3) is 34.4 Å². The minimum absolute atomic E-state index is 0.797. The second-order valence-electron chi connectivity index (χ2n) is 6.32. The lowest BCUT2D eigenvalue weighted by Gasteiger charge is -2.10. The van der Waals surface area contributed by atoms with Gasteiger partial charge in [-0.05, 0) is 36.4 Å². The maximum absolute atomic E-state index is 4.86. The van der Waals surface area contributed by atoms with Crippen LogP contribution in [-0.2, 0) is 0 Å². The third-order valence-corrected chi connectivity index (χ3v) is 4.56. The molecule has 0 radical (unpaired) electrons. The van der Waals surface area contributed by atoms with Gasteiger partial charge in [0.2, 0.25) is 0 Å². The predicted molar refractivity (Wildman–Crippen MR) is 109 cm³/mol. The summed E-state index contributed by atoms with van der Waals surface area (Å²) < 4.78 is 4.07. The number of benzene rings is 2. The fourth-order valence-corrected chi connectivity index (χ4v) is 3.26. The Morgan fingerprint density at radius 1 is 0.500 bits per heavy atom. The fraction of sp³-hybridized carbons (Fsp3) is 0. The molecule has 3 heterocycles. The molecule has 28 heavy (non-hydrogen) atoms. The number of imidazole rings is 2. The number of hydrogen-bond acceptors (Lipinski definition) is 3. The first kappa shape index (κ1) is 16.2. The summed E-state index contributed by atoms with van der Waals surface area (Å²) in [5.41, 5.74) is 3.70. The number of aromatic nitrogens is 5. The molecule has 0 N–H and O–H groups in total. The predicted octanol–water partition coefficient (Wildman–Crippen LogP) is 4.79. The molecule has 0 bridgehead atoms. The van der Waals surface area contributed by atoms with Gasteiger partial charge in [-0.2, -0.15) is 0 Å². The molecule has 5 nitrogen and oxygen atoms in total. The van der Waals surface area contributed by atoms with E-state index in [1.807, 2.05) is 76.1 Å². The van der Waals surface area contributed by atoms with Crippen molar-refractivity contribution in [3.05, 3.63) is 104 Å². The van der Waals surface area contributed by atoms with Gasteiger partial charge in [-0.25, -0.2) is 15.0 Å². The second-order valence-corrected chi connectivity index (χ2v) is 6.32. The van der Waals surface area contributed by atoms with E-state index in [-0.39, 0.29) is 0 Å². The molecular formula is C23H17N5. The zero-order chi connectivity index (χ0) is 18.8. The van der Waals surface area contributed by atoms with Crippen LogP contribution < -0.4 is 0 Å². The number of pyridine rings is 1. The molecule has 0 spiro atoms. The van der Waals surface area contributed by atoms with Crippen LogP contribution in [0.5, 0.6) is 0 Å². The minimum atomic E-state index is 0.797. The average molecular weight is 363 g/mol. The molecule has 0 aliphatic carbocycles. The number of nitrogens with zero attached hydrogens (tertiary/aromatic N) is 5. The van der Waals surface area contributed by atoms with Crippen molar-refractivity contribution in [1.82, 2.24) is 24.1 Å². The zero-order valence-corrected chi connectivity index (χ0v) is 15.1. The van der Waals surface area contributed by atoms with E-state index < -0.39 is 0 Å². The Balaban J connectivity index is 1.59. The third-order valence-electron chi connectivity index (χ3n) is 4.56. The SMILES string of the molecule is c1ccc(-n2ccnc2-c2cccc(-c3nccn3-c3ccccc3)n2)cc1. The summed E-state index contributed by atoms with van der Waals surface area (Å²) in [5.74, 6) is 1.59. The van der Waals surface area contributed by atoms with Gasteiger partial charge >= 0.3 is 0 Å². The quantitative estimate of drug-likeness (QED) is 0.461. The molecule has 0 amide bonds. The van der Waals surface area contributed by atoms with Crippen LogP contribution in [-0.4, -0.2) is 24.1 Å². The van der Waals surface area contributed by atoms with Crippen molar-refractivity contribution in [3.63, 3.8) is 0 Å². The lowest BCUT2D eigenvalue weighted by molar-refractivity contribution is 1.03. The van der Waals surface area contributed by atoms with Gasteiger partial charge < -0.3 is 0 Å². The van der Waals surface area contributed by atoms with Crippen LogP contribution in [0.1, 0.15) is 0 Å². The van der Waals surface area contributed by atoms with Crippen LogP contribution >= 0.6 is 0 Å². The van der Waals surface area contributed by atoms with Crippen molar-refractivity contribution in [3.8, 4) is 34.4 Å². The molecule has 5 aromatic rings. The summed E-state index contributed by atoms with van der Waals surface area (Å²) in [6, 6.07) is 26.2. The van der Waals surface area contributed by atoms with Crippen LogP contribution in [0, 0.1) is 0 Å². The molecule has 5 rings (SSSR count). The second kappa shape index (κ2) is 6.96. The summed E-state index contributed by atoms with van der Waals surface area (Å²) in [7, 11) is 0. The van der Waals surface area contributed by atoms with Gasteiger partial charge in [0.05, 0.1) is 0 Å². The van der Waals surface area contributed by atoms with Crippen molar-refractivity contribution in [2.24, 2.45) is 0 Å². The molecular weight excluding hydrogens is 346 g/mol. The van der Waals surface area contributed by atoms with E-state index in [1.54, 1.807) is 12.4 Å². The highest BCUT2D eigenvalue weighted by molar-refractivity contribution is 5.61. The maximum atomic E-state index is 4.86. The monoisotopic (exact) mass is 363 g/mol. The van der Waals surface area contributed by atoms with Gasteiger partial charge in [0, 0.05) is 36.2 Å². The molecule has 134 valence electrons. The van der Waals surface area contributed by atoms with Crippen LogP contribution in [0.3, 0.4) is 0 Å². The lowest BCUT2D eigenvalue weighted by atomic mass is 10.2. The van der Waals surface area contributed by atoms with Crippen molar-refractivity contribution < 1.29 is 0 Å². The Labute approximate surface area is 162 Å². The largest absolute Gasteiger partial charge is 0.299 e. The minimum Gasteiger partial charge on any atom is -0.299 e. The molecule has 2 aromatic carbocycles. The molecule has 0 aliphatic heterocycles. The van der Waals surface area contributed by atoms with Gasteiger partial charge in [0.15, 0.2) is 11.6 Å². The fourth-order valence-electron chi connectivity index (χ4n) is 3.26. The molecule has 0 saturated carbocycles. The van der Waals surface area contributed by atoms with Crippen LogP contribution in [0.4, 0.5) is 0 Å². The smallest absolute Gasteiger partial charge is 0.163 e. The van der Waals surface area contributed by atoms with Crippen molar-refractivity contribution >= 4 is 0 Å². The summed E-state index contributed by atoms with van der Waals surface area (Å²) >= 11 is 0. The zero-order valence-electron chi connectivity index (χ0n) is 15.1. The van der Waals surface area contributed by atoms with Crippen molar-refractivity contribution in [1.29, 1.82) is 0 Å². The van der Waals surface area contributed by atoms with Gasteiger partial charge in [0.1, 0.15) is 11.4 Å². The van der Waals surface area contributed by atoms with E-state index in [4.69, 9.17) is 4.98 Å². The first-order valence-electron chi connectivity index (χ1n) is 9.05. The molecule has 0 unspecified atom stereocenters. The number of para-hydroxylation sites is 2. The highest BCUT2D eigenvalue weighted by atomic mass is 15.1. The maximum Gasteiger partial charge on any atom is 0.163 e. The molecule has 0 atom stereocenters. The van der Waals surface area contributed by atoms with Crippen LogP contribution in [0.15, 0.2) is 104 Å². The van der Waals surface area contributed by atoms with Crippen LogP contribution in [0.2, 0.25) is 0 Å². The lowest BCUT2D eigenvalue weighted by Crippen LogP contribution is -2.01. The Hall–Kier alpha value is -3.99. The van der Waals surface area contributed by atoms with Crippen molar-refractivity contribution in [2.45, 2.75) is 0 Å². The average Bonchev–Trinajstić information content (AvgIpc) is 3.45. The third kappa shape index (κ3) is 2.89. The van der Waals surface area contributed by atoms with E-state index >= 15 is 0 Å². The van der Waals surface area contributed by atoms with E-state index in [0.717, 1.165) is 34.4 Å². The van der Waals surface area contributed by atoms with Crippen molar-refractivity contribution in [2.75, 3.05) is 0 Å². The standard InChI is InChI=1S/C23H17N5/c1-3-8-18(9-4-1)27-16-14-24-22(27)20-12-7-13-21(26-20)23-25-15-17-28(23)19-10-5-2-6-11-19/h1-17H. The first-order valence-corrected chi connectivity index (χ1v) is 9.05.